The number of aliphatic hydroxyl groups excluding tert-OH is 1. The van der Waals surface area contributed by atoms with E-state index >= 15 is 0 Å². The molecule has 2 heterocycles. The summed E-state index contributed by atoms with van der Waals surface area (Å²) in [6.07, 6.45) is 1.63. The molecule has 2 rings (SSSR count). The van der Waals surface area contributed by atoms with E-state index in [1.165, 1.54) is 0 Å². The molecule has 0 spiro atoms. The van der Waals surface area contributed by atoms with Crippen molar-refractivity contribution in [3.63, 3.8) is 0 Å². The summed E-state index contributed by atoms with van der Waals surface area (Å²) in [5.74, 6) is -0.521. The smallest absolute Gasteiger partial charge is 0.320 e. The minimum Gasteiger partial charge on any atom is -0.481 e. The van der Waals surface area contributed by atoms with Crippen LogP contribution >= 0.6 is 0 Å². The molecule has 20 heavy (non-hydrogen) atoms. The standard InChI is InChI=1S/C13H22N2O5/c16-8-11-9-20-6-5-15(11)13(19)14-4-3-10(7-14)1-2-12(17)18/h10-11,16H,1-9H2,(H,17,18). The van der Waals surface area contributed by atoms with Crippen LogP contribution in [0.5, 0.6) is 0 Å². The van der Waals surface area contributed by atoms with Gasteiger partial charge in [-0.05, 0) is 18.8 Å². The zero-order valence-corrected chi connectivity index (χ0v) is 11.5. The first-order chi connectivity index (χ1) is 9.61. The highest BCUT2D eigenvalue weighted by Gasteiger charge is 2.33. The van der Waals surface area contributed by atoms with E-state index < -0.39 is 5.97 Å². The van der Waals surface area contributed by atoms with Gasteiger partial charge in [-0.1, -0.05) is 0 Å². The Balaban J connectivity index is 1.85. The van der Waals surface area contributed by atoms with Crippen LogP contribution in [0.1, 0.15) is 19.3 Å². The lowest BCUT2D eigenvalue weighted by Gasteiger charge is -2.37. The van der Waals surface area contributed by atoms with E-state index in [1.807, 2.05) is 0 Å². The molecule has 0 aromatic rings. The third-order valence-corrected chi connectivity index (χ3v) is 4.01. The van der Waals surface area contributed by atoms with Gasteiger partial charge in [-0.3, -0.25) is 4.79 Å². The first-order valence-electron chi connectivity index (χ1n) is 7.07. The number of aliphatic hydroxyl groups is 1. The molecule has 2 N–H and O–H groups in total. The van der Waals surface area contributed by atoms with Crippen molar-refractivity contribution in [1.29, 1.82) is 0 Å². The number of carbonyl (C=O) groups excluding carboxylic acids is 1. The Hall–Kier alpha value is -1.34. The summed E-state index contributed by atoms with van der Waals surface area (Å²) < 4.78 is 5.26. The number of nitrogens with zero attached hydrogens (tertiary/aromatic N) is 2. The van der Waals surface area contributed by atoms with Crippen molar-refractivity contribution in [2.24, 2.45) is 5.92 Å². The van der Waals surface area contributed by atoms with Crippen molar-refractivity contribution < 1.29 is 24.5 Å². The maximum absolute atomic E-state index is 12.4. The maximum Gasteiger partial charge on any atom is 0.320 e. The molecule has 0 aromatic carbocycles. The molecule has 2 saturated heterocycles. The first-order valence-corrected chi connectivity index (χ1v) is 7.07. The molecule has 0 radical (unpaired) electrons. The Morgan fingerprint density at radius 1 is 1.30 bits per heavy atom. The highest BCUT2D eigenvalue weighted by molar-refractivity contribution is 5.75. The molecule has 2 fully saturated rings. The number of urea groups is 1. The number of carbonyl (C=O) groups is 2. The van der Waals surface area contributed by atoms with Crippen molar-refractivity contribution in [3.05, 3.63) is 0 Å². The molecule has 0 saturated carbocycles. The molecule has 0 bridgehead atoms. The fourth-order valence-corrected chi connectivity index (χ4v) is 2.81. The van der Waals surface area contributed by atoms with E-state index in [4.69, 9.17) is 9.84 Å². The van der Waals surface area contributed by atoms with E-state index in [0.29, 0.717) is 39.3 Å². The van der Waals surface area contributed by atoms with Crippen LogP contribution in [0.25, 0.3) is 0 Å². The lowest BCUT2D eigenvalue weighted by Crippen LogP contribution is -2.54. The van der Waals surface area contributed by atoms with Crippen LogP contribution in [0.2, 0.25) is 0 Å². The van der Waals surface area contributed by atoms with Crippen LogP contribution in [-0.2, 0) is 9.53 Å². The summed E-state index contributed by atoms with van der Waals surface area (Å²) in [6.45, 7) is 2.56. The largest absolute Gasteiger partial charge is 0.481 e. The molecule has 7 nitrogen and oxygen atoms in total. The van der Waals surface area contributed by atoms with Crippen molar-refractivity contribution in [3.8, 4) is 0 Å². The van der Waals surface area contributed by atoms with Gasteiger partial charge in [0.15, 0.2) is 0 Å². The van der Waals surface area contributed by atoms with Crippen molar-refractivity contribution in [1.82, 2.24) is 9.80 Å². The zero-order valence-electron chi connectivity index (χ0n) is 11.5. The van der Waals surface area contributed by atoms with E-state index in [9.17, 15) is 14.7 Å². The summed E-state index contributed by atoms with van der Waals surface area (Å²) in [7, 11) is 0. The third kappa shape index (κ3) is 3.61. The molecule has 2 atom stereocenters. The van der Waals surface area contributed by atoms with Crippen LogP contribution in [0, 0.1) is 5.92 Å². The van der Waals surface area contributed by atoms with Crippen LogP contribution in [0.4, 0.5) is 4.79 Å². The highest BCUT2D eigenvalue weighted by atomic mass is 16.5. The Bertz CT molecular complexity index is 363. The number of hydrogen-bond donors (Lipinski definition) is 2. The van der Waals surface area contributed by atoms with Crippen LogP contribution < -0.4 is 0 Å². The number of carboxylic acid groups (broad SMARTS) is 1. The molecule has 114 valence electrons. The molecular formula is C13H22N2O5. The van der Waals surface area contributed by atoms with Crippen LogP contribution in [-0.4, -0.2) is 77.5 Å². The van der Waals surface area contributed by atoms with Gasteiger partial charge in [0.2, 0.25) is 0 Å². The average Bonchev–Trinajstić information content (AvgIpc) is 2.93. The number of rotatable bonds is 4. The summed E-state index contributed by atoms with van der Waals surface area (Å²) >= 11 is 0. The monoisotopic (exact) mass is 286 g/mol. The minimum atomic E-state index is -0.789. The van der Waals surface area contributed by atoms with E-state index in [0.717, 1.165) is 6.42 Å². The second-order valence-corrected chi connectivity index (χ2v) is 5.42. The van der Waals surface area contributed by atoms with Gasteiger partial charge in [0.1, 0.15) is 0 Å². The SMILES string of the molecule is O=C(O)CCC1CCN(C(=O)N2CCOCC2CO)C1. The molecule has 2 amide bonds. The minimum absolute atomic E-state index is 0.0647. The third-order valence-electron chi connectivity index (χ3n) is 4.01. The van der Waals surface area contributed by atoms with Crippen molar-refractivity contribution in [2.75, 3.05) is 39.5 Å². The average molecular weight is 286 g/mol. The van der Waals surface area contributed by atoms with Gasteiger partial charge < -0.3 is 24.7 Å². The number of carboxylic acids is 1. The predicted octanol–water partition coefficient (Wildman–Crippen LogP) is -0.0138. The highest BCUT2D eigenvalue weighted by Crippen LogP contribution is 2.23. The van der Waals surface area contributed by atoms with Gasteiger partial charge >= 0.3 is 12.0 Å². The van der Waals surface area contributed by atoms with Gasteiger partial charge in [0.05, 0.1) is 25.9 Å². The molecule has 2 aliphatic rings. The van der Waals surface area contributed by atoms with Crippen LogP contribution in [0.3, 0.4) is 0 Å². The fraction of sp³-hybridized carbons (Fsp3) is 0.846. The second kappa shape index (κ2) is 6.90. The normalized spacial score (nSPS) is 26.9. The van der Waals surface area contributed by atoms with Crippen LogP contribution in [0.15, 0.2) is 0 Å². The van der Waals surface area contributed by atoms with Gasteiger partial charge in [0, 0.05) is 26.1 Å². The number of likely N-dealkylation sites (tertiary alicyclic amines) is 1. The number of amides is 2. The number of ether oxygens (including phenoxy) is 1. The molecular weight excluding hydrogens is 264 g/mol. The second-order valence-electron chi connectivity index (χ2n) is 5.42. The van der Waals surface area contributed by atoms with E-state index in [2.05, 4.69) is 0 Å². The topological polar surface area (TPSA) is 90.3 Å². The van der Waals surface area contributed by atoms with Gasteiger partial charge in [-0.15, -0.1) is 0 Å². The summed E-state index contributed by atoms with van der Waals surface area (Å²) in [5, 5.41) is 18.0. The molecule has 2 aliphatic heterocycles. The number of hydrogen-bond acceptors (Lipinski definition) is 4. The Morgan fingerprint density at radius 2 is 2.10 bits per heavy atom. The quantitative estimate of drug-likeness (QED) is 0.758. The molecule has 0 aliphatic carbocycles. The first kappa shape index (κ1) is 15.1. The van der Waals surface area contributed by atoms with E-state index in [1.54, 1.807) is 9.80 Å². The van der Waals surface area contributed by atoms with Crippen molar-refractivity contribution in [2.45, 2.75) is 25.3 Å². The zero-order chi connectivity index (χ0) is 14.5. The van der Waals surface area contributed by atoms with Gasteiger partial charge in [-0.25, -0.2) is 4.79 Å². The molecule has 2 unspecified atom stereocenters. The van der Waals surface area contributed by atoms with Gasteiger partial charge in [0.25, 0.3) is 0 Å². The fourth-order valence-electron chi connectivity index (χ4n) is 2.81. The Kier molecular flexibility index (Phi) is 5.19. The Labute approximate surface area is 118 Å². The van der Waals surface area contributed by atoms with E-state index in [-0.39, 0.29) is 31.0 Å². The summed E-state index contributed by atoms with van der Waals surface area (Å²) in [4.78, 5) is 26.4. The molecule has 0 aromatic heterocycles. The Morgan fingerprint density at radius 3 is 2.80 bits per heavy atom. The number of aliphatic carboxylic acids is 1. The maximum atomic E-state index is 12.4. The molecule has 7 heteroatoms. The van der Waals surface area contributed by atoms with Gasteiger partial charge in [-0.2, -0.15) is 0 Å². The van der Waals surface area contributed by atoms with Crippen molar-refractivity contribution >= 4 is 12.0 Å². The number of morpholine rings is 1. The summed E-state index contributed by atoms with van der Waals surface area (Å²) in [6, 6.07) is -0.334. The predicted molar refractivity (Wildman–Crippen MR) is 70.3 cm³/mol. The lowest BCUT2D eigenvalue weighted by molar-refractivity contribution is -0.137. The lowest BCUT2D eigenvalue weighted by atomic mass is 10.0. The summed E-state index contributed by atoms with van der Waals surface area (Å²) in [5.41, 5.74) is 0.